The molecule has 0 aliphatic carbocycles. The van der Waals surface area contributed by atoms with E-state index in [1.165, 1.54) is 0 Å². The summed E-state index contributed by atoms with van der Waals surface area (Å²) < 4.78 is 12.9. The van der Waals surface area contributed by atoms with E-state index in [2.05, 4.69) is 20.5 Å². The third-order valence-electron chi connectivity index (χ3n) is 5.11. The monoisotopic (exact) mass is 466 g/mol. The number of nitrogens with zero attached hydrogens (tertiary/aromatic N) is 5. The fourth-order valence-electron chi connectivity index (χ4n) is 3.54. The van der Waals surface area contributed by atoms with Crippen LogP contribution in [-0.4, -0.2) is 43.9 Å². The third-order valence-corrected chi connectivity index (χ3v) is 5.11. The van der Waals surface area contributed by atoms with Crippen molar-refractivity contribution in [1.29, 1.82) is 0 Å². The second-order valence-corrected chi connectivity index (χ2v) is 7.52. The van der Waals surface area contributed by atoms with Crippen molar-refractivity contribution in [3.63, 3.8) is 0 Å². The molecule has 0 saturated carbocycles. The largest absolute Gasteiger partial charge is 0.490 e. The van der Waals surface area contributed by atoms with Gasteiger partial charge in [-0.3, -0.25) is 9.78 Å². The van der Waals surface area contributed by atoms with Crippen LogP contribution in [0.25, 0.3) is 28.4 Å². The van der Waals surface area contributed by atoms with Gasteiger partial charge in [-0.2, -0.15) is 9.61 Å². The molecule has 0 aliphatic heterocycles. The number of amides is 1. The summed E-state index contributed by atoms with van der Waals surface area (Å²) in [5.41, 5.74) is 3.45. The number of rotatable bonds is 8. The number of aromatic nitrogens is 5. The van der Waals surface area contributed by atoms with E-state index >= 15 is 0 Å². The number of para-hydroxylation sites is 2. The van der Waals surface area contributed by atoms with E-state index in [0.717, 1.165) is 5.56 Å². The topological polar surface area (TPSA) is 104 Å². The van der Waals surface area contributed by atoms with E-state index in [-0.39, 0.29) is 12.5 Å². The molecule has 1 N–H and O–H groups in total. The van der Waals surface area contributed by atoms with Crippen LogP contribution in [0.5, 0.6) is 11.5 Å². The van der Waals surface area contributed by atoms with Gasteiger partial charge in [0.15, 0.2) is 23.8 Å². The van der Waals surface area contributed by atoms with E-state index in [1.54, 1.807) is 22.8 Å². The molecule has 0 bridgehead atoms. The van der Waals surface area contributed by atoms with Gasteiger partial charge in [0, 0.05) is 17.4 Å². The summed E-state index contributed by atoms with van der Waals surface area (Å²) in [6.45, 7) is 2.26. The molecular formula is C26H22N6O3. The number of hydrogen-bond donors (Lipinski definition) is 1. The average Bonchev–Trinajstić information content (AvgIpc) is 3.32. The number of ether oxygens (including phenoxy) is 2. The molecule has 3 heterocycles. The summed E-state index contributed by atoms with van der Waals surface area (Å²) in [7, 11) is 0. The van der Waals surface area contributed by atoms with E-state index in [4.69, 9.17) is 14.6 Å². The van der Waals surface area contributed by atoms with Crippen LogP contribution in [0, 0.1) is 0 Å². The molecular weight excluding hydrogens is 444 g/mol. The highest BCUT2D eigenvalue weighted by molar-refractivity contribution is 5.92. The van der Waals surface area contributed by atoms with Crippen LogP contribution >= 0.6 is 0 Å². The van der Waals surface area contributed by atoms with E-state index in [0.29, 0.717) is 46.7 Å². The highest BCUT2D eigenvalue weighted by Crippen LogP contribution is 2.26. The molecule has 3 aromatic heterocycles. The lowest BCUT2D eigenvalue weighted by Gasteiger charge is -2.12. The normalized spacial score (nSPS) is 10.8. The first-order valence-corrected chi connectivity index (χ1v) is 11.1. The number of benzene rings is 2. The van der Waals surface area contributed by atoms with Gasteiger partial charge in [0.1, 0.15) is 5.69 Å². The zero-order valence-electron chi connectivity index (χ0n) is 19.0. The van der Waals surface area contributed by atoms with Gasteiger partial charge in [0.25, 0.3) is 5.91 Å². The third kappa shape index (κ3) is 4.93. The second kappa shape index (κ2) is 10.0. The SMILES string of the molecule is CCOc1ccccc1OCC(=O)Nc1cccc(-c2ccc3nnc(-c4ccccn4)n3n2)c1. The molecule has 5 aromatic rings. The maximum absolute atomic E-state index is 12.5. The van der Waals surface area contributed by atoms with Gasteiger partial charge >= 0.3 is 0 Å². The van der Waals surface area contributed by atoms with Crippen LogP contribution in [-0.2, 0) is 4.79 Å². The summed E-state index contributed by atoms with van der Waals surface area (Å²) in [6.07, 6.45) is 1.70. The van der Waals surface area contributed by atoms with Crippen LogP contribution in [0.3, 0.4) is 0 Å². The Morgan fingerprint density at radius 3 is 2.51 bits per heavy atom. The standard InChI is InChI=1S/C26H22N6O3/c1-2-34-22-11-3-4-12-23(22)35-17-25(33)28-19-9-7-8-18(16-19)20-13-14-24-29-30-26(32(24)31-20)21-10-5-6-15-27-21/h3-16H,2,17H2,1H3,(H,28,33). The van der Waals surface area contributed by atoms with Crippen molar-refractivity contribution < 1.29 is 14.3 Å². The van der Waals surface area contributed by atoms with Gasteiger partial charge in [-0.1, -0.05) is 30.3 Å². The first-order valence-electron chi connectivity index (χ1n) is 11.1. The van der Waals surface area contributed by atoms with Gasteiger partial charge in [0.2, 0.25) is 5.82 Å². The molecule has 174 valence electrons. The summed E-state index contributed by atoms with van der Waals surface area (Å²) in [4.78, 5) is 16.9. The quantitative estimate of drug-likeness (QED) is 0.364. The molecule has 35 heavy (non-hydrogen) atoms. The van der Waals surface area contributed by atoms with Gasteiger partial charge in [-0.15, -0.1) is 10.2 Å². The minimum Gasteiger partial charge on any atom is -0.490 e. The molecule has 0 saturated heterocycles. The van der Waals surface area contributed by atoms with Gasteiger partial charge in [-0.05, 0) is 55.5 Å². The number of pyridine rings is 1. The van der Waals surface area contributed by atoms with Crippen molar-refractivity contribution in [1.82, 2.24) is 24.8 Å². The van der Waals surface area contributed by atoms with Crippen molar-refractivity contribution in [3.05, 3.63) is 85.1 Å². The van der Waals surface area contributed by atoms with E-state index in [9.17, 15) is 4.79 Å². The summed E-state index contributed by atoms with van der Waals surface area (Å²) >= 11 is 0. The molecule has 5 rings (SSSR count). The van der Waals surface area contributed by atoms with Crippen molar-refractivity contribution >= 4 is 17.2 Å². The predicted octanol–water partition coefficient (Wildman–Crippen LogP) is 4.27. The summed E-state index contributed by atoms with van der Waals surface area (Å²) in [6, 6.07) is 24.0. The van der Waals surface area contributed by atoms with Crippen LogP contribution < -0.4 is 14.8 Å². The Hall–Kier alpha value is -4.79. The predicted molar refractivity (Wildman–Crippen MR) is 131 cm³/mol. The van der Waals surface area contributed by atoms with Crippen LogP contribution in [0.4, 0.5) is 5.69 Å². The number of hydrogen-bond acceptors (Lipinski definition) is 7. The van der Waals surface area contributed by atoms with Crippen LogP contribution in [0.1, 0.15) is 6.92 Å². The van der Waals surface area contributed by atoms with Gasteiger partial charge in [-0.25, -0.2) is 0 Å². The van der Waals surface area contributed by atoms with Gasteiger partial charge < -0.3 is 14.8 Å². The number of carbonyl (C=O) groups excluding carboxylic acids is 1. The number of fused-ring (bicyclic) bond motifs is 1. The molecule has 2 aromatic carbocycles. The second-order valence-electron chi connectivity index (χ2n) is 7.52. The average molecular weight is 467 g/mol. The van der Waals surface area contributed by atoms with Crippen molar-refractivity contribution in [2.24, 2.45) is 0 Å². The zero-order valence-corrected chi connectivity index (χ0v) is 19.0. The Balaban J connectivity index is 1.32. The lowest BCUT2D eigenvalue weighted by molar-refractivity contribution is -0.118. The Morgan fingerprint density at radius 1 is 0.886 bits per heavy atom. The van der Waals surface area contributed by atoms with Gasteiger partial charge in [0.05, 0.1) is 12.3 Å². The molecule has 0 unspecified atom stereocenters. The fourth-order valence-corrected chi connectivity index (χ4v) is 3.54. The summed E-state index contributed by atoms with van der Waals surface area (Å²) in [5, 5.41) is 16.0. The highest BCUT2D eigenvalue weighted by atomic mass is 16.5. The van der Waals surface area contributed by atoms with Crippen molar-refractivity contribution in [2.75, 3.05) is 18.5 Å². The number of nitrogens with one attached hydrogen (secondary N) is 1. The van der Waals surface area contributed by atoms with E-state index in [1.807, 2.05) is 73.7 Å². The minimum atomic E-state index is -0.284. The molecule has 0 atom stereocenters. The lowest BCUT2D eigenvalue weighted by Crippen LogP contribution is -2.20. The molecule has 9 heteroatoms. The van der Waals surface area contributed by atoms with Crippen molar-refractivity contribution in [2.45, 2.75) is 6.92 Å². The van der Waals surface area contributed by atoms with Crippen LogP contribution in [0.2, 0.25) is 0 Å². The smallest absolute Gasteiger partial charge is 0.262 e. The first kappa shape index (κ1) is 22.0. The Kier molecular flexibility index (Phi) is 6.29. The number of carbonyl (C=O) groups is 1. The minimum absolute atomic E-state index is 0.146. The fraction of sp³-hybridized carbons (Fsp3) is 0.115. The van der Waals surface area contributed by atoms with E-state index < -0.39 is 0 Å². The molecule has 0 fully saturated rings. The number of anilines is 1. The molecule has 0 radical (unpaired) electrons. The Morgan fingerprint density at radius 2 is 1.71 bits per heavy atom. The molecule has 9 nitrogen and oxygen atoms in total. The first-order chi connectivity index (χ1) is 17.2. The summed E-state index contributed by atoms with van der Waals surface area (Å²) in [5.74, 6) is 1.39. The maximum atomic E-state index is 12.5. The Bertz CT molecular complexity index is 1470. The lowest BCUT2D eigenvalue weighted by atomic mass is 10.1. The van der Waals surface area contributed by atoms with Crippen molar-refractivity contribution in [3.8, 4) is 34.3 Å². The molecule has 0 aliphatic rings. The Labute approximate surface area is 201 Å². The maximum Gasteiger partial charge on any atom is 0.262 e. The highest BCUT2D eigenvalue weighted by Gasteiger charge is 2.13. The molecule has 1 amide bonds. The molecule has 0 spiro atoms. The zero-order chi connectivity index (χ0) is 24.0. The van der Waals surface area contributed by atoms with Crippen LogP contribution in [0.15, 0.2) is 85.1 Å².